The maximum atomic E-state index is 11.4. The minimum Gasteiger partial charge on any atom is -0.356 e. The van der Waals surface area contributed by atoms with Crippen LogP contribution in [0.2, 0.25) is 0 Å². The van der Waals surface area contributed by atoms with Crippen molar-refractivity contribution in [1.29, 1.82) is 0 Å². The van der Waals surface area contributed by atoms with E-state index in [1.54, 1.807) is 6.33 Å². The van der Waals surface area contributed by atoms with Crippen molar-refractivity contribution in [1.82, 2.24) is 20.2 Å². The zero-order chi connectivity index (χ0) is 16.5. The molecule has 24 heavy (non-hydrogen) atoms. The van der Waals surface area contributed by atoms with Gasteiger partial charge in [-0.25, -0.2) is 9.97 Å². The summed E-state index contributed by atoms with van der Waals surface area (Å²) in [6.45, 7) is 6.20. The number of hydrogen-bond donors (Lipinski definition) is 1. The molecule has 1 amide bonds. The van der Waals surface area contributed by atoms with Crippen molar-refractivity contribution >= 4 is 11.7 Å². The number of likely N-dealkylation sites (tertiary alicyclic amines) is 1. The molecule has 2 saturated heterocycles. The molecule has 1 aliphatic carbocycles. The largest absolute Gasteiger partial charge is 0.356 e. The number of anilines is 1. The number of nitrogens with one attached hydrogen (secondary N) is 1. The quantitative estimate of drug-likeness (QED) is 0.884. The molecule has 130 valence electrons. The molecule has 1 aromatic rings. The zero-order valence-corrected chi connectivity index (χ0v) is 14.4. The Hall–Kier alpha value is -1.69. The first-order valence-corrected chi connectivity index (χ1v) is 9.25. The van der Waals surface area contributed by atoms with Crippen LogP contribution < -0.4 is 10.2 Å². The first-order chi connectivity index (χ1) is 11.7. The average molecular weight is 329 g/mol. The van der Waals surface area contributed by atoms with Crippen LogP contribution in [0.3, 0.4) is 0 Å². The molecule has 3 aliphatic rings. The number of nitrogens with zero attached hydrogens (tertiary/aromatic N) is 4. The van der Waals surface area contributed by atoms with Crippen LogP contribution in [0.5, 0.6) is 0 Å². The van der Waals surface area contributed by atoms with Crippen LogP contribution in [0.1, 0.15) is 37.8 Å². The highest BCUT2D eigenvalue weighted by atomic mass is 16.1. The van der Waals surface area contributed by atoms with E-state index in [4.69, 9.17) is 0 Å². The summed E-state index contributed by atoms with van der Waals surface area (Å²) in [6, 6.07) is 3.39. The van der Waals surface area contributed by atoms with Gasteiger partial charge in [0.2, 0.25) is 5.91 Å². The maximum Gasteiger partial charge on any atom is 0.220 e. The van der Waals surface area contributed by atoms with E-state index in [2.05, 4.69) is 31.2 Å². The summed E-state index contributed by atoms with van der Waals surface area (Å²) < 4.78 is 0. The Morgan fingerprint density at radius 3 is 2.58 bits per heavy atom. The Bertz CT molecular complexity index is 595. The molecule has 3 heterocycles. The van der Waals surface area contributed by atoms with Gasteiger partial charge >= 0.3 is 0 Å². The molecular weight excluding hydrogens is 302 g/mol. The van der Waals surface area contributed by atoms with Crippen molar-refractivity contribution in [3.63, 3.8) is 0 Å². The van der Waals surface area contributed by atoms with E-state index in [1.807, 2.05) is 6.92 Å². The van der Waals surface area contributed by atoms with E-state index in [0.717, 1.165) is 37.7 Å². The van der Waals surface area contributed by atoms with Gasteiger partial charge in [-0.05, 0) is 38.5 Å². The summed E-state index contributed by atoms with van der Waals surface area (Å²) in [5, 5.41) is 2.95. The van der Waals surface area contributed by atoms with E-state index in [9.17, 15) is 4.79 Å². The molecule has 3 fully saturated rings. The fraction of sp³-hybridized carbons (Fsp3) is 0.722. The molecule has 1 unspecified atom stereocenters. The van der Waals surface area contributed by atoms with Crippen LogP contribution >= 0.6 is 0 Å². The van der Waals surface area contributed by atoms with Gasteiger partial charge in [-0.3, -0.25) is 4.79 Å². The maximum absolute atomic E-state index is 11.4. The Kier molecular flexibility index (Phi) is 4.39. The molecule has 2 aliphatic heterocycles. The van der Waals surface area contributed by atoms with Crippen LogP contribution in [0.4, 0.5) is 5.82 Å². The van der Waals surface area contributed by atoms with Gasteiger partial charge < -0.3 is 15.1 Å². The molecule has 0 spiro atoms. The summed E-state index contributed by atoms with van der Waals surface area (Å²) in [7, 11) is 0. The summed E-state index contributed by atoms with van der Waals surface area (Å²) in [5.74, 6) is 1.82. The van der Waals surface area contributed by atoms with E-state index >= 15 is 0 Å². The highest BCUT2D eigenvalue weighted by molar-refractivity contribution is 5.78. The lowest BCUT2D eigenvalue weighted by atomic mass is 10.0. The first-order valence-electron chi connectivity index (χ1n) is 9.25. The second-order valence-corrected chi connectivity index (χ2v) is 7.56. The molecule has 6 nitrogen and oxygen atoms in total. The van der Waals surface area contributed by atoms with Gasteiger partial charge in [0, 0.05) is 56.4 Å². The summed E-state index contributed by atoms with van der Waals surface area (Å²) >= 11 is 0. The van der Waals surface area contributed by atoms with Crippen molar-refractivity contribution < 1.29 is 4.79 Å². The van der Waals surface area contributed by atoms with Gasteiger partial charge in [-0.15, -0.1) is 0 Å². The molecule has 6 heteroatoms. The predicted molar refractivity (Wildman–Crippen MR) is 92.8 cm³/mol. The third-order valence-electron chi connectivity index (χ3n) is 5.52. The van der Waals surface area contributed by atoms with E-state index in [0.29, 0.717) is 24.4 Å². The molecular formula is C18H27N5O. The number of amides is 1. The minimum absolute atomic E-state index is 0.217. The van der Waals surface area contributed by atoms with Gasteiger partial charge in [0.1, 0.15) is 12.1 Å². The van der Waals surface area contributed by atoms with Crippen LogP contribution in [-0.2, 0) is 4.79 Å². The van der Waals surface area contributed by atoms with Crippen LogP contribution in [0.15, 0.2) is 12.4 Å². The number of aryl methyl sites for hydroxylation is 1. The van der Waals surface area contributed by atoms with Gasteiger partial charge in [0.05, 0.1) is 0 Å². The Balaban J connectivity index is 1.36. The van der Waals surface area contributed by atoms with E-state index in [-0.39, 0.29) is 5.91 Å². The number of piperidine rings is 1. The third kappa shape index (κ3) is 3.53. The van der Waals surface area contributed by atoms with Crippen molar-refractivity contribution in [3.8, 4) is 0 Å². The lowest BCUT2D eigenvalue weighted by molar-refractivity contribution is -0.119. The Labute approximate surface area is 143 Å². The van der Waals surface area contributed by atoms with Crippen molar-refractivity contribution in [2.45, 2.75) is 51.1 Å². The Morgan fingerprint density at radius 1 is 1.21 bits per heavy atom. The van der Waals surface area contributed by atoms with Crippen LogP contribution in [0.25, 0.3) is 0 Å². The number of aromatic nitrogens is 2. The Morgan fingerprint density at radius 2 is 1.96 bits per heavy atom. The molecule has 4 rings (SSSR count). The van der Waals surface area contributed by atoms with Crippen molar-refractivity contribution in [3.05, 3.63) is 18.1 Å². The van der Waals surface area contributed by atoms with Crippen LogP contribution in [0, 0.1) is 12.8 Å². The molecule has 1 aromatic heterocycles. The van der Waals surface area contributed by atoms with Crippen molar-refractivity contribution in [2.75, 3.05) is 31.1 Å². The SMILES string of the molecule is Cc1cc(N(C2CC2)C2CCN(CC3CNC(=O)C3)CC2)ncn1. The highest BCUT2D eigenvalue weighted by Gasteiger charge is 2.37. The second-order valence-electron chi connectivity index (χ2n) is 7.56. The second kappa shape index (κ2) is 6.67. The molecule has 1 N–H and O–H groups in total. The number of rotatable bonds is 5. The standard InChI is InChI=1S/C18H27N5O/c1-13-8-17(21-12-20-13)23(15-2-3-15)16-4-6-22(7-5-16)11-14-9-18(24)19-10-14/h8,12,14-16H,2-7,9-11H2,1H3,(H,19,24). The predicted octanol–water partition coefficient (Wildman–Crippen LogP) is 1.35. The average Bonchev–Trinajstić information content (AvgIpc) is 3.32. The zero-order valence-electron chi connectivity index (χ0n) is 14.4. The highest BCUT2D eigenvalue weighted by Crippen LogP contribution is 2.35. The smallest absolute Gasteiger partial charge is 0.220 e. The molecule has 1 saturated carbocycles. The van der Waals surface area contributed by atoms with Crippen LogP contribution in [-0.4, -0.2) is 59.0 Å². The third-order valence-corrected chi connectivity index (χ3v) is 5.52. The topological polar surface area (TPSA) is 61.4 Å². The monoisotopic (exact) mass is 329 g/mol. The van der Waals surface area contributed by atoms with Gasteiger partial charge in [0.15, 0.2) is 0 Å². The number of hydrogen-bond acceptors (Lipinski definition) is 5. The van der Waals surface area contributed by atoms with Gasteiger partial charge in [-0.2, -0.15) is 0 Å². The minimum atomic E-state index is 0.217. The lowest BCUT2D eigenvalue weighted by Crippen LogP contribution is -2.47. The first kappa shape index (κ1) is 15.8. The molecule has 1 atom stereocenters. The van der Waals surface area contributed by atoms with Gasteiger partial charge in [-0.1, -0.05) is 0 Å². The number of carbonyl (C=O) groups is 1. The molecule has 0 aromatic carbocycles. The lowest BCUT2D eigenvalue weighted by Gasteiger charge is -2.40. The fourth-order valence-corrected chi connectivity index (χ4v) is 4.15. The number of carbonyl (C=O) groups excluding carboxylic acids is 1. The molecule has 0 bridgehead atoms. The van der Waals surface area contributed by atoms with Crippen molar-refractivity contribution in [2.24, 2.45) is 5.92 Å². The normalized spacial score (nSPS) is 25.7. The summed E-state index contributed by atoms with van der Waals surface area (Å²) in [6.07, 6.45) is 7.35. The van der Waals surface area contributed by atoms with E-state index in [1.165, 1.54) is 25.7 Å². The molecule has 0 radical (unpaired) electrons. The summed E-state index contributed by atoms with van der Waals surface area (Å²) in [4.78, 5) is 25.2. The van der Waals surface area contributed by atoms with E-state index < -0.39 is 0 Å². The van der Waals surface area contributed by atoms with Gasteiger partial charge in [0.25, 0.3) is 0 Å². The fourth-order valence-electron chi connectivity index (χ4n) is 4.15. The summed E-state index contributed by atoms with van der Waals surface area (Å²) in [5.41, 5.74) is 1.04.